The third-order valence-corrected chi connectivity index (χ3v) is 4.25. The molecule has 0 radical (unpaired) electrons. The monoisotopic (exact) mass is 271 g/mol. The summed E-state index contributed by atoms with van der Waals surface area (Å²) in [6.07, 6.45) is 1.71. The number of aliphatic hydroxyl groups excluding tert-OH is 1. The molecule has 6 heteroatoms. The van der Waals surface area contributed by atoms with E-state index >= 15 is 0 Å². The highest BCUT2D eigenvalue weighted by molar-refractivity contribution is 7.80. The normalized spacial score (nSPS) is 29.7. The summed E-state index contributed by atoms with van der Waals surface area (Å²) in [6.45, 7) is 1.16. The van der Waals surface area contributed by atoms with Crippen LogP contribution in [-0.4, -0.2) is 65.1 Å². The number of amides is 1. The zero-order chi connectivity index (χ0) is 13.5. The number of β-amino-alcohol motifs (C(OH)–C–C–N with tert-alkyl or cyclic N) is 1. The summed E-state index contributed by atoms with van der Waals surface area (Å²) < 4.78 is 0. The Kier molecular flexibility index (Phi) is 3.62. The summed E-state index contributed by atoms with van der Waals surface area (Å²) in [6, 6.07) is 0.0642. The Balaban J connectivity index is 2.11. The Morgan fingerprint density at radius 1 is 1.56 bits per heavy atom. The van der Waals surface area contributed by atoms with Crippen molar-refractivity contribution in [2.75, 3.05) is 27.2 Å². The van der Waals surface area contributed by atoms with Crippen molar-refractivity contribution in [2.45, 2.75) is 31.4 Å². The standard InChI is InChI=1S/C12H21N3O2S/c1-14(2)6-8-5-9(16)7-15(8)11(17)12(3-4-12)10(13)18/h8-9,16H,3-7H2,1-2H3,(H2,13,18). The highest BCUT2D eigenvalue weighted by Gasteiger charge is 2.56. The highest BCUT2D eigenvalue weighted by atomic mass is 32.1. The summed E-state index contributed by atoms with van der Waals surface area (Å²) in [5.74, 6) is 0.0124. The quantitative estimate of drug-likeness (QED) is 0.680. The van der Waals surface area contributed by atoms with Crippen molar-refractivity contribution < 1.29 is 9.90 Å². The van der Waals surface area contributed by atoms with Crippen LogP contribution < -0.4 is 5.73 Å². The van der Waals surface area contributed by atoms with Gasteiger partial charge in [-0.1, -0.05) is 12.2 Å². The number of rotatable bonds is 4. The van der Waals surface area contributed by atoms with Crippen LogP contribution in [0.1, 0.15) is 19.3 Å². The van der Waals surface area contributed by atoms with E-state index in [-0.39, 0.29) is 11.9 Å². The molecule has 2 atom stereocenters. The topological polar surface area (TPSA) is 69.8 Å². The Morgan fingerprint density at radius 3 is 2.61 bits per heavy atom. The first-order chi connectivity index (χ1) is 8.36. The van der Waals surface area contributed by atoms with Gasteiger partial charge in [-0.25, -0.2) is 0 Å². The van der Waals surface area contributed by atoms with Crippen LogP contribution in [0.2, 0.25) is 0 Å². The number of carbonyl (C=O) groups excluding carboxylic acids is 1. The maximum atomic E-state index is 12.5. The first-order valence-electron chi connectivity index (χ1n) is 6.30. The first kappa shape index (κ1) is 13.7. The number of hydrogen-bond acceptors (Lipinski definition) is 4. The third-order valence-electron chi connectivity index (χ3n) is 3.86. The fraction of sp³-hybridized carbons (Fsp3) is 0.833. The van der Waals surface area contributed by atoms with Gasteiger partial charge < -0.3 is 20.6 Å². The largest absolute Gasteiger partial charge is 0.392 e. The second-order valence-electron chi connectivity index (χ2n) is 5.71. The number of aliphatic hydroxyl groups is 1. The van der Waals surface area contributed by atoms with E-state index in [4.69, 9.17) is 18.0 Å². The minimum Gasteiger partial charge on any atom is -0.392 e. The maximum absolute atomic E-state index is 12.5. The molecular weight excluding hydrogens is 250 g/mol. The molecule has 2 aliphatic rings. The van der Waals surface area contributed by atoms with E-state index < -0.39 is 11.5 Å². The number of likely N-dealkylation sites (N-methyl/N-ethyl adjacent to an activating group) is 1. The van der Waals surface area contributed by atoms with Gasteiger partial charge in [0.25, 0.3) is 0 Å². The fourth-order valence-electron chi connectivity index (χ4n) is 2.70. The van der Waals surface area contributed by atoms with Gasteiger partial charge in [0.05, 0.1) is 16.5 Å². The molecule has 0 bridgehead atoms. The van der Waals surface area contributed by atoms with E-state index in [0.29, 0.717) is 18.0 Å². The molecule has 1 aliphatic carbocycles. The van der Waals surface area contributed by atoms with E-state index in [2.05, 4.69) is 0 Å². The molecule has 3 N–H and O–H groups in total. The molecule has 1 aliphatic heterocycles. The van der Waals surface area contributed by atoms with Gasteiger partial charge in [-0.2, -0.15) is 0 Å². The van der Waals surface area contributed by atoms with Gasteiger partial charge in [0.2, 0.25) is 5.91 Å². The van der Waals surface area contributed by atoms with Crippen LogP contribution in [0.25, 0.3) is 0 Å². The van der Waals surface area contributed by atoms with Gasteiger partial charge in [0.1, 0.15) is 0 Å². The van der Waals surface area contributed by atoms with Crippen LogP contribution in [0, 0.1) is 5.41 Å². The second kappa shape index (κ2) is 4.75. The fourth-order valence-corrected chi connectivity index (χ4v) is 2.99. The Morgan fingerprint density at radius 2 is 2.17 bits per heavy atom. The molecule has 1 amide bonds. The van der Waals surface area contributed by atoms with Gasteiger partial charge in [-0.3, -0.25) is 4.79 Å². The van der Waals surface area contributed by atoms with Crippen LogP contribution in [-0.2, 0) is 4.79 Å². The lowest BCUT2D eigenvalue weighted by molar-refractivity contribution is -0.135. The molecule has 0 aromatic heterocycles. The van der Waals surface area contributed by atoms with Gasteiger partial charge in [0.15, 0.2) is 0 Å². The van der Waals surface area contributed by atoms with Gasteiger partial charge in [-0.15, -0.1) is 0 Å². The number of nitrogens with zero attached hydrogens (tertiary/aromatic N) is 2. The molecule has 18 heavy (non-hydrogen) atoms. The van der Waals surface area contributed by atoms with Gasteiger partial charge in [0, 0.05) is 19.1 Å². The van der Waals surface area contributed by atoms with Crippen molar-refractivity contribution in [1.82, 2.24) is 9.80 Å². The number of likely N-dealkylation sites (tertiary alicyclic amines) is 1. The molecule has 2 fully saturated rings. The van der Waals surface area contributed by atoms with Crippen LogP contribution in [0.4, 0.5) is 0 Å². The van der Waals surface area contributed by atoms with E-state index in [0.717, 1.165) is 19.4 Å². The van der Waals surface area contributed by atoms with Crippen LogP contribution in [0.5, 0.6) is 0 Å². The Hall–Kier alpha value is -0.720. The van der Waals surface area contributed by atoms with Crippen molar-refractivity contribution >= 4 is 23.1 Å². The summed E-state index contributed by atoms with van der Waals surface area (Å²) in [5.41, 5.74) is 5.09. The van der Waals surface area contributed by atoms with E-state index in [1.807, 2.05) is 19.0 Å². The summed E-state index contributed by atoms with van der Waals surface area (Å²) in [4.78, 5) is 16.6. The van der Waals surface area contributed by atoms with Crippen LogP contribution in [0.3, 0.4) is 0 Å². The van der Waals surface area contributed by atoms with Crippen molar-refractivity contribution in [1.29, 1.82) is 0 Å². The molecule has 0 aromatic carbocycles. The SMILES string of the molecule is CN(C)CC1CC(O)CN1C(=O)C1(C(N)=S)CC1. The van der Waals surface area contributed by atoms with E-state index in [1.54, 1.807) is 4.90 Å². The molecular formula is C12H21N3O2S. The zero-order valence-electron chi connectivity index (χ0n) is 10.9. The van der Waals surface area contributed by atoms with Crippen molar-refractivity contribution in [3.05, 3.63) is 0 Å². The molecule has 1 saturated heterocycles. The molecule has 1 saturated carbocycles. The van der Waals surface area contributed by atoms with Crippen LogP contribution >= 0.6 is 12.2 Å². The predicted octanol–water partition coefficient (Wildman–Crippen LogP) is -0.424. The third kappa shape index (κ3) is 2.37. The first-order valence-corrected chi connectivity index (χ1v) is 6.71. The summed E-state index contributed by atoms with van der Waals surface area (Å²) in [5, 5.41) is 9.78. The van der Waals surface area contributed by atoms with Crippen molar-refractivity contribution in [3.8, 4) is 0 Å². The number of hydrogen-bond donors (Lipinski definition) is 2. The van der Waals surface area contributed by atoms with Gasteiger partial charge >= 0.3 is 0 Å². The minimum absolute atomic E-state index is 0.0124. The second-order valence-corrected chi connectivity index (χ2v) is 6.15. The maximum Gasteiger partial charge on any atom is 0.236 e. The van der Waals surface area contributed by atoms with Crippen LogP contribution in [0.15, 0.2) is 0 Å². The Bertz CT molecular complexity index is 368. The van der Waals surface area contributed by atoms with Crippen molar-refractivity contribution in [3.63, 3.8) is 0 Å². The number of carbonyl (C=O) groups is 1. The lowest BCUT2D eigenvalue weighted by Crippen LogP contribution is -2.48. The summed E-state index contributed by atoms with van der Waals surface area (Å²) >= 11 is 5.02. The average Bonchev–Trinajstić information content (AvgIpc) is 2.98. The zero-order valence-corrected chi connectivity index (χ0v) is 11.7. The van der Waals surface area contributed by atoms with E-state index in [1.165, 1.54) is 0 Å². The molecule has 1 heterocycles. The minimum atomic E-state index is -0.607. The molecule has 2 unspecified atom stereocenters. The lowest BCUT2D eigenvalue weighted by atomic mass is 10.0. The molecule has 0 spiro atoms. The Labute approximate surface area is 113 Å². The molecule has 102 valence electrons. The van der Waals surface area contributed by atoms with Gasteiger partial charge in [-0.05, 0) is 33.4 Å². The predicted molar refractivity (Wildman–Crippen MR) is 73.1 cm³/mol. The summed E-state index contributed by atoms with van der Waals surface area (Å²) in [7, 11) is 3.93. The number of thiocarbonyl (C=S) groups is 1. The van der Waals surface area contributed by atoms with Crippen molar-refractivity contribution in [2.24, 2.45) is 11.1 Å². The molecule has 2 rings (SSSR count). The van der Waals surface area contributed by atoms with E-state index in [9.17, 15) is 9.90 Å². The number of nitrogens with two attached hydrogens (primary N) is 1. The molecule has 0 aromatic rings. The molecule has 5 nitrogen and oxygen atoms in total. The lowest BCUT2D eigenvalue weighted by Gasteiger charge is -2.30. The average molecular weight is 271 g/mol. The smallest absolute Gasteiger partial charge is 0.236 e. The highest BCUT2D eigenvalue weighted by Crippen LogP contribution is 2.48.